The first-order chi connectivity index (χ1) is 15.2. The van der Waals surface area contributed by atoms with Crippen LogP contribution in [0.5, 0.6) is 0 Å². The summed E-state index contributed by atoms with van der Waals surface area (Å²) in [5.74, 6) is -3.31. The Morgan fingerprint density at radius 1 is 0.938 bits per heavy atom. The van der Waals surface area contributed by atoms with Crippen molar-refractivity contribution >= 4 is 46.3 Å². The minimum Gasteiger partial charge on any atom is -0.507 e. The number of anilines is 1. The summed E-state index contributed by atoms with van der Waals surface area (Å²) in [7, 11) is 0. The number of aryl methyl sites for hydroxylation is 1. The highest BCUT2D eigenvalue weighted by Crippen LogP contribution is 2.43. The number of Topliss-reactive ketones (excluding diaryl/α,β-unsaturated/α-hetero) is 1. The molecule has 162 valence electrons. The van der Waals surface area contributed by atoms with Crippen LogP contribution in [0.3, 0.4) is 0 Å². The first-order valence-corrected chi connectivity index (χ1v) is 10.2. The van der Waals surface area contributed by atoms with Gasteiger partial charge in [0.2, 0.25) is 0 Å². The second-order valence-electron chi connectivity index (χ2n) is 7.28. The summed E-state index contributed by atoms with van der Waals surface area (Å²) in [6, 6.07) is 12.4. The summed E-state index contributed by atoms with van der Waals surface area (Å²) in [5, 5.41) is 11.5. The Morgan fingerprint density at radius 3 is 2.25 bits per heavy atom. The average Bonchev–Trinajstić information content (AvgIpc) is 3.03. The molecule has 32 heavy (non-hydrogen) atoms. The van der Waals surface area contributed by atoms with Gasteiger partial charge in [-0.05, 0) is 72.6 Å². The third-order valence-electron chi connectivity index (χ3n) is 5.24. The van der Waals surface area contributed by atoms with E-state index in [-0.39, 0.29) is 32.4 Å². The molecular formula is C24H15Cl2F2NO3. The molecule has 0 aliphatic carbocycles. The lowest BCUT2D eigenvalue weighted by Crippen LogP contribution is -2.29. The summed E-state index contributed by atoms with van der Waals surface area (Å²) in [5.41, 5.74) is 0.880. The zero-order valence-electron chi connectivity index (χ0n) is 16.6. The molecule has 4 nitrogen and oxygen atoms in total. The molecule has 1 amide bonds. The van der Waals surface area contributed by atoms with Gasteiger partial charge in [-0.25, -0.2) is 8.78 Å². The van der Waals surface area contributed by atoms with Crippen LogP contribution < -0.4 is 4.90 Å². The zero-order chi connectivity index (χ0) is 23.2. The minimum absolute atomic E-state index is 0.172. The predicted octanol–water partition coefficient (Wildman–Crippen LogP) is 6.21. The molecule has 0 spiro atoms. The van der Waals surface area contributed by atoms with Crippen molar-refractivity contribution in [2.75, 3.05) is 4.90 Å². The number of ketones is 1. The third-order valence-corrected chi connectivity index (χ3v) is 5.98. The van der Waals surface area contributed by atoms with Crippen molar-refractivity contribution < 1.29 is 23.5 Å². The van der Waals surface area contributed by atoms with E-state index in [1.165, 1.54) is 43.3 Å². The first kappa shape index (κ1) is 22.0. The smallest absolute Gasteiger partial charge is 0.300 e. The molecule has 4 rings (SSSR count). The first-order valence-electron chi connectivity index (χ1n) is 9.47. The summed E-state index contributed by atoms with van der Waals surface area (Å²) in [6.45, 7) is 1.51. The molecule has 1 saturated heterocycles. The molecule has 0 aromatic heterocycles. The number of halogens is 4. The fraction of sp³-hybridized carbons (Fsp3) is 0.0833. The van der Waals surface area contributed by atoms with Crippen molar-refractivity contribution in [3.05, 3.63) is 105 Å². The Kier molecular flexibility index (Phi) is 5.75. The van der Waals surface area contributed by atoms with Crippen molar-refractivity contribution in [1.82, 2.24) is 0 Å². The Bertz CT molecular complexity index is 1290. The van der Waals surface area contributed by atoms with E-state index in [0.29, 0.717) is 5.56 Å². The highest BCUT2D eigenvalue weighted by atomic mass is 35.5. The summed E-state index contributed by atoms with van der Waals surface area (Å²) in [6.07, 6.45) is 0. The van der Waals surface area contributed by atoms with Gasteiger partial charge < -0.3 is 5.11 Å². The number of nitrogens with zero attached hydrogens (tertiary/aromatic N) is 1. The van der Waals surface area contributed by atoms with Gasteiger partial charge in [0.05, 0.1) is 21.7 Å². The molecule has 1 unspecified atom stereocenters. The second-order valence-corrected chi connectivity index (χ2v) is 8.10. The zero-order valence-corrected chi connectivity index (χ0v) is 18.1. The van der Waals surface area contributed by atoms with Crippen molar-refractivity contribution in [2.45, 2.75) is 13.0 Å². The number of hydrogen-bond donors (Lipinski definition) is 1. The molecule has 3 aromatic rings. The number of aliphatic hydroxyl groups is 1. The number of benzene rings is 3. The highest BCUT2D eigenvalue weighted by Gasteiger charge is 2.47. The van der Waals surface area contributed by atoms with Gasteiger partial charge in [-0.15, -0.1) is 0 Å². The van der Waals surface area contributed by atoms with E-state index in [9.17, 15) is 23.5 Å². The van der Waals surface area contributed by atoms with Crippen molar-refractivity contribution in [2.24, 2.45) is 0 Å². The lowest BCUT2D eigenvalue weighted by Gasteiger charge is -2.25. The quantitative estimate of drug-likeness (QED) is 0.279. The fourth-order valence-corrected chi connectivity index (χ4v) is 3.95. The largest absolute Gasteiger partial charge is 0.507 e. The average molecular weight is 474 g/mol. The molecule has 8 heteroatoms. The van der Waals surface area contributed by atoms with Gasteiger partial charge in [0.1, 0.15) is 17.4 Å². The van der Waals surface area contributed by atoms with Gasteiger partial charge in [-0.2, -0.15) is 0 Å². The van der Waals surface area contributed by atoms with E-state index < -0.39 is 35.1 Å². The maximum absolute atomic E-state index is 13.7. The van der Waals surface area contributed by atoms with Crippen LogP contribution in [0, 0.1) is 18.6 Å². The van der Waals surface area contributed by atoms with E-state index in [2.05, 4.69) is 0 Å². The van der Waals surface area contributed by atoms with Crippen LogP contribution in [0.4, 0.5) is 14.5 Å². The van der Waals surface area contributed by atoms with Crippen LogP contribution >= 0.6 is 23.2 Å². The van der Waals surface area contributed by atoms with Crippen molar-refractivity contribution in [1.29, 1.82) is 0 Å². The van der Waals surface area contributed by atoms with Crippen LogP contribution in [0.15, 0.2) is 66.2 Å². The number of carbonyl (C=O) groups excluding carboxylic acids is 2. The second kappa shape index (κ2) is 8.37. The number of amides is 1. The molecule has 3 aromatic carbocycles. The molecule has 1 heterocycles. The van der Waals surface area contributed by atoms with Gasteiger partial charge in [-0.1, -0.05) is 29.3 Å². The van der Waals surface area contributed by atoms with Crippen LogP contribution in [0.1, 0.15) is 22.7 Å². The minimum atomic E-state index is -1.07. The Labute approximate surface area is 192 Å². The van der Waals surface area contributed by atoms with Gasteiger partial charge in [-0.3, -0.25) is 14.5 Å². The SMILES string of the molecule is Cc1cc(/C(O)=C2/C(=O)C(=O)N(c3ccc(F)cc3)C2c2ccc(Cl)c(Cl)c2)ccc1F. The summed E-state index contributed by atoms with van der Waals surface area (Å²) >= 11 is 12.2. The fourth-order valence-electron chi connectivity index (χ4n) is 3.65. The van der Waals surface area contributed by atoms with Gasteiger partial charge in [0.15, 0.2) is 0 Å². The molecule has 0 saturated carbocycles. The number of hydrogen-bond acceptors (Lipinski definition) is 3. The van der Waals surface area contributed by atoms with Gasteiger partial charge in [0.25, 0.3) is 11.7 Å². The van der Waals surface area contributed by atoms with Gasteiger partial charge in [0, 0.05) is 11.3 Å². The normalized spacial score (nSPS) is 17.8. The van der Waals surface area contributed by atoms with Crippen molar-refractivity contribution in [3.63, 3.8) is 0 Å². The molecule has 1 N–H and O–H groups in total. The molecule has 1 atom stereocenters. The predicted molar refractivity (Wildman–Crippen MR) is 119 cm³/mol. The van der Waals surface area contributed by atoms with Crippen LogP contribution in [-0.4, -0.2) is 16.8 Å². The number of aliphatic hydroxyl groups excluding tert-OH is 1. The lowest BCUT2D eigenvalue weighted by molar-refractivity contribution is -0.132. The molecule has 1 aliphatic heterocycles. The van der Waals surface area contributed by atoms with Crippen molar-refractivity contribution in [3.8, 4) is 0 Å². The number of carbonyl (C=O) groups is 2. The molecule has 1 fully saturated rings. The highest BCUT2D eigenvalue weighted by molar-refractivity contribution is 6.51. The summed E-state index contributed by atoms with van der Waals surface area (Å²) in [4.78, 5) is 27.2. The Hall–Kier alpha value is -3.22. The van der Waals surface area contributed by atoms with E-state index in [1.54, 1.807) is 6.07 Å². The lowest BCUT2D eigenvalue weighted by atomic mass is 9.94. The van der Waals surface area contributed by atoms with E-state index in [0.717, 1.165) is 23.1 Å². The maximum atomic E-state index is 13.7. The topological polar surface area (TPSA) is 57.6 Å². The van der Waals surface area contributed by atoms with Crippen LogP contribution in [0.2, 0.25) is 10.0 Å². The van der Waals surface area contributed by atoms with E-state index in [1.807, 2.05) is 0 Å². The van der Waals surface area contributed by atoms with Crippen LogP contribution in [-0.2, 0) is 9.59 Å². The van der Waals surface area contributed by atoms with Gasteiger partial charge >= 0.3 is 0 Å². The molecule has 0 radical (unpaired) electrons. The van der Waals surface area contributed by atoms with E-state index in [4.69, 9.17) is 23.2 Å². The van der Waals surface area contributed by atoms with E-state index >= 15 is 0 Å². The number of rotatable bonds is 3. The molecular weight excluding hydrogens is 459 g/mol. The maximum Gasteiger partial charge on any atom is 0.300 e. The monoisotopic (exact) mass is 473 g/mol. The Morgan fingerprint density at radius 2 is 1.62 bits per heavy atom. The summed E-state index contributed by atoms with van der Waals surface area (Å²) < 4.78 is 27.2. The standard InChI is InChI=1S/C24H15Cl2F2NO3/c1-12-10-14(3-9-19(12)28)22(30)20-21(13-2-8-17(25)18(26)11-13)29(24(32)23(20)31)16-6-4-15(27)5-7-16/h2-11,21,30H,1H3/b22-20-. The Balaban J connectivity index is 1.97. The molecule has 1 aliphatic rings. The third kappa shape index (κ3) is 3.76. The van der Waals surface area contributed by atoms with Crippen LogP contribution in [0.25, 0.3) is 5.76 Å². The molecule has 0 bridgehead atoms.